The molecule has 2 heterocycles. The average molecular weight is 453 g/mol. The zero-order valence-corrected chi connectivity index (χ0v) is 18.8. The maximum absolute atomic E-state index is 13.2. The van der Waals surface area contributed by atoms with Crippen molar-refractivity contribution < 1.29 is 28.9 Å². The summed E-state index contributed by atoms with van der Waals surface area (Å²) in [5, 5.41) is 11.1. The molecule has 2 fully saturated rings. The summed E-state index contributed by atoms with van der Waals surface area (Å²) in [5.74, 6) is -0.510. The first-order valence-electron chi connectivity index (χ1n) is 10.9. The Balaban J connectivity index is 1.80. The minimum absolute atomic E-state index is 0.0414. The molecule has 174 valence electrons. The van der Waals surface area contributed by atoms with Crippen LogP contribution in [-0.4, -0.2) is 80.2 Å². The van der Waals surface area contributed by atoms with Crippen molar-refractivity contribution in [3.63, 3.8) is 0 Å². The van der Waals surface area contributed by atoms with Crippen LogP contribution in [0.1, 0.15) is 17.2 Å². The van der Waals surface area contributed by atoms with Crippen LogP contribution in [0.2, 0.25) is 0 Å². The minimum Gasteiger partial charge on any atom is -0.507 e. The van der Waals surface area contributed by atoms with Crippen molar-refractivity contribution in [1.82, 2.24) is 9.80 Å². The lowest BCUT2D eigenvalue weighted by Gasteiger charge is -2.31. The summed E-state index contributed by atoms with van der Waals surface area (Å²) in [7, 11) is 3.08. The number of carbonyl (C=O) groups excluding carboxylic acids is 2. The lowest BCUT2D eigenvalue weighted by Crippen LogP contribution is -2.42. The maximum Gasteiger partial charge on any atom is 0.295 e. The Morgan fingerprint density at radius 2 is 1.76 bits per heavy atom. The predicted molar refractivity (Wildman–Crippen MR) is 122 cm³/mol. The van der Waals surface area contributed by atoms with Crippen molar-refractivity contribution in [1.29, 1.82) is 0 Å². The van der Waals surface area contributed by atoms with Crippen LogP contribution in [0.3, 0.4) is 0 Å². The molecule has 8 heteroatoms. The molecule has 2 aliphatic heterocycles. The highest BCUT2D eigenvalue weighted by Gasteiger charge is 2.47. The van der Waals surface area contributed by atoms with Gasteiger partial charge in [-0.05, 0) is 18.2 Å². The van der Waals surface area contributed by atoms with Crippen LogP contribution in [0, 0.1) is 0 Å². The van der Waals surface area contributed by atoms with Gasteiger partial charge in [-0.1, -0.05) is 30.3 Å². The molecule has 33 heavy (non-hydrogen) atoms. The fourth-order valence-electron chi connectivity index (χ4n) is 4.31. The van der Waals surface area contributed by atoms with E-state index in [9.17, 15) is 14.7 Å². The van der Waals surface area contributed by atoms with Crippen molar-refractivity contribution in [2.24, 2.45) is 0 Å². The Kier molecular flexibility index (Phi) is 6.96. The normalized spacial score (nSPS) is 20.8. The van der Waals surface area contributed by atoms with Crippen LogP contribution in [0.25, 0.3) is 5.76 Å². The zero-order valence-electron chi connectivity index (χ0n) is 18.8. The van der Waals surface area contributed by atoms with Crippen LogP contribution in [-0.2, 0) is 14.3 Å². The average Bonchev–Trinajstić information content (AvgIpc) is 3.12. The van der Waals surface area contributed by atoms with Crippen molar-refractivity contribution >= 4 is 17.4 Å². The topological polar surface area (TPSA) is 88.5 Å². The smallest absolute Gasteiger partial charge is 0.295 e. The summed E-state index contributed by atoms with van der Waals surface area (Å²) in [6.45, 7) is 3.72. The van der Waals surface area contributed by atoms with Gasteiger partial charge in [0.05, 0.1) is 39.0 Å². The van der Waals surface area contributed by atoms with Crippen LogP contribution in [0.4, 0.5) is 0 Å². The number of ether oxygens (including phenoxy) is 3. The predicted octanol–water partition coefficient (Wildman–Crippen LogP) is 2.46. The fraction of sp³-hybridized carbons (Fsp3) is 0.360. The van der Waals surface area contributed by atoms with Crippen LogP contribution < -0.4 is 9.47 Å². The molecule has 1 N–H and O–H groups in total. The van der Waals surface area contributed by atoms with E-state index in [0.717, 1.165) is 13.1 Å². The SMILES string of the molecule is COc1ccc(OC)c([C@H]2/C(=C(\O)c3ccccc3)C(=O)C(=O)N2CCN2CCOCC2)c1. The van der Waals surface area contributed by atoms with Gasteiger partial charge in [0.2, 0.25) is 0 Å². The van der Waals surface area contributed by atoms with Gasteiger partial charge in [0, 0.05) is 37.3 Å². The highest BCUT2D eigenvalue weighted by atomic mass is 16.5. The number of likely N-dealkylation sites (tertiary alicyclic amines) is 1. The molecule has 0 unspecified atom stereocenters. The van der Waals surface area contributed by atoms with Crippen molar-refractivity contribution in [3.8, 4) is 11.5 Å². The van der Waals surface area contributed by atoms with E-state index in [4.69, 9.17) is 14.2 Å². The molecule has 0 bridgehead atoms. The third-order valence-electron chi connectivity index (χ3n) is 6.08. The van der Waals surface area contributed by atoms with Gasteiger partial charge in [0.1, 0.15) is 17.3 Å². The monoisotopic (exact) mass is 452 g/mol. The van der Waals surface area contributed by atoms with Crippen LogP contribution in [0.15, 0.2) is 54.1 Å². The number of rotatable bonds is 7. The number of hydrogen-bond donors (Lipinski definition) is 1. The largest absolute Gasteiger partial charge is 0.507 e. The van der Waals surface area contributed by atoms with Crippen LogP contribution in [0.5, 0.6) is 11.5 Å². The minimum atomic E-state index is -0.809. The molecule has 8 nitrogen and oxygen atoms in total. The standard InChI is InChI=1S/C25H28N2O6/c1-31-18-8-9-20(32-2)19(16-18)22-21(23(28)17-6-4-3-5-7-17)24(29)25(30)27(22)11-10-26-12-14-33-15-13-26/h3-9,16,22,28H,10-15H2,1-2H3/b23-21+/t22-/m0/s1. The second-order valence-electron chi connectivity index (χ2n) is 7.92. The van der Waals surface area contributed by atoms with Crippen molar-refractivity contribution in [2.75, 3.05) is 53.6 Å². The highest BCUT2D eigenvalue weighted by Crippen LogP contribution is 2.43. The molecule has 0 saturated carbocycles. The molecule has 1 amide bonds. The van der Waals surface area contributed by atoms with Gasteiger partial charge < -0.3 is 24.2 Å². The number of aliphatic hydroxyl groups is 1. The number of amides is 1. The molecular weight excluding hydrogens is 424 g/mol. The number of methoxy groups -OCH3 is 2. The Morgan fingerprint density at radius 3 is 2.42 bits per heavy atom. The fourth-order valence-corrected chi connectivity index (χ4v) is 4.31. The molecule has 2 aromatic rings. The quantitative estimate of drug-likeness (QED) is 0.392. The summed E-state index contributed by atoms with van der Waals surface area (Å²) < 4.78 is 16.4. The Hall–Kier alpha value is -3.36. The van der Waals surface area contributed by atoms with Crippen molar-refractivity contribution in [2.45, 2.75) is 6.04 Å². The first-order chi connectivity index (χ1) is 16.0. The molecule has 0 aliphatic carbocycles. The molecule has 2 aromatic carbocycles. The van der Waals surface area contributed by atoms with Crippen LogP contribution >= 0.6 is 0 Å². The number of hydrogen-bond acceptors (Lipinski definition) is 7. The van der Waals surface area contributed by atoms with E-state index >= 15 is 0 Å². The Bertz CT molecular complexity index is 1050. The molecular formula is C25H28N2O6. The number of aliphatic hydroxyl groups excluding tert-OH is 1. The third-order valence-corrected chi connectivity index (χ3v) is 6.08. The number of carbonyl (C=O) groups is 2. The summed E-state index contributed by atoms with van der Waals surface area (Å²) in [5.41, 5.74) is 1.09. The second-order valence-corrected chi connectivity index (χ2v) is 7.92. The van der Waals surface area contributed by atoms with E-state index in [0.29, 0.717) is 48.9 Å². The third kappa shape index (κ3) is 4.58. The van der Waals surface area contributed by atoms with E-state index < -0.39 is 17.7 Å². The lowest BCUT2D eigenvalue weighted by atomic mass is 9.94. The second kappa shape index (κ2) is 10.1. The van der Waals surface area contributed by atoms with Gasteiger partial charge in [0.25, 0.3) is 11.7 Å². The lowest BCUT2D eigenvalue weighted by molar-refractivity contribution is -0.140. The van der Waals surface area contributed by atoms with E-state index in [1.165, 1.54) is 12.0 Å². The first-order valence-corrected chi connectivity index (χ1v) is 10.9. The molecule has 2 saturated heterocycles. The van der Waals surface area contributed by atoms with E-state index in [-0.39, 0.29) is 11.3 Å². The Labute approximate surface area is 193 Å². The summed E-state index contributed by atoms with van der Waals surface area (Å²) in [4.78, 5) is 30.1. The molecule has 0 spiro atoms. The van der Waals surface area contributed by atoms with Gasteiger partial charge in [-0.3, -0.25) is 14.5 Å². The molecule has 2 aliphatic rings. The Morgan fingerprint density at radius 1 is 1.03 bits per heavy atom. The van der Waals surface area contributed by atoms with Gasteiger partial charge in [0.15, 0.2) is 0 Å². The van der Waals surface area contributed by atoms with E-state index in [1.807, 2.05) is 6.07 Å². The van der Waals surface area contributed by atoms with Gasteiger partial charge >= 0.3 is 0 Å². The number of benzene rings is 2. The molecule has 0 aromatic heterocycles. The van der Waals surface area contributed by atoms with Gasteiger partial charge in [-0.25, -0.2) is 0 Å². The summed E-state index contributed by atoms with van der Waals surface area (Å²) >= 11 is 0. The summed E-state index contributed by atoms with van der Waals surface area (Å²) in [6, 6.07) is 13.2. The van der Waals surface area contributed by atoms with Gasteiger partial charge in [-0.2, -0.15) is 0 Å². The molecule has 1 atom stereocenters. The number of Topliss-reactive ketones (excluding diaryl/α,β-unsaturated/α-hetero) is 1. The summed E-state index contributed by atoms with van der Waals surface area (Å²) in [6.07, 6.45) is 0. The van der Waals surface area contributed by atoms with Crippen molar-refractivity contribution in [3.05, 3.63) is 65.2 Å². The molecule has 0 radical (unpaired) electrons. The zero-order chi connectivity index (χ0) is 23.4. The van der Waals surface area contributed by atoms with E-state index in [2.05, 4.69) is 4.90 Å². The first kappa shape index (κ1) is 22.8. The number of ketones is 1. The highest BCUT2D eigenvalue weighted by molar-refractivity contribution is 6.46. The van der Waals surface area contributed by atoms with E-state index in [1.54, 1.807) is 49.6 Å². The number of morpholine rings is 1. The molecule has 4 rings (SSSR count). The maximum atomic E-state index is 13.2. The number of nitrogens with zero attached hydrogens (tertiary/aromatic N) is 2. The van der Waals surface area contributed by atoms with Gasteiger partial charge in [-0.15, -0.1) is 0 Å².